The number of rotatable bonds is 8. The first-order chi connectivity index (χ1) is 25.8. The van der Waals surface area contributed by atoms with Gasteiger partial charge in [0.15, 0.2) is 11.3 Å². The van der Waals surface area contributed by atoms with Crippen LogP contribution in [0.5, 0.6) is 11.5 Å². The molecule has 0 radical (unpaired) electrons. The highest BCUT2D eigenvalue weighted by Crippen LogP contribution is 2.37. The Hall–Kier alpha value is -6.64. The number of benzene rings is 2. The number of hydrogen-bond acceptors (Lipinski definition) is 11. The van der Waals surface area contributed by atoms with Crippen molar-refractivity contribution in [1.29, 1.82) is 0 Å². The summed E-state index contributed by atoms with van der Waals surface area (Å²) >= 11 is 0. The molecule has 4 aromatic heterocycles. The van der Waals surface area contributed by atoms with E-state index in [2.05, 4.69) is 33.1 Å². The maximum atomic E-state index is 12.4. The number of carbonyl (C=O) groups is 2. The molecule has 2 aromatic carbocycles. The second kappa shape index (κ2) is 13.8. The fourth-order valence-electron chi connectivity index (χ4n) is 7.37. The zero-order chi connectivity index (χ0) is 36.6. The Labute approximate surface area is 304 Å². The molecule has 0 bridgehead atoms. The monoisotopic (exact) mass is 710 g/mol. The topological polar surface area (TPSA) is 189 Å². The van der Waals surface area contributed by atoms with Gasteiger partial charge in [0.05, 0.1) is 22.9 Å². The van der Waals surface area contributed by atoms with E-state index in [1.807, 2.05) is 57.9 Å². The molecule has 2 saturated heterocycles. The SMILES string of the molecule is C=CC(=O)N1CCCC(n2nc(-c3ccc(Oc4ccc(-c5nn([C@H]6CCCN(C(=O)C=C)C6)c6ncnc(N)c56)cc4)cc3)c3c(N)ncnc32)C1. The van der Waals surface area contributed by atoms with Crippen LogP contribution in [0.25, 0.3) is 44.6 Å². The van der Waals surface area contributed by atoms with Gasteiger partial charge in [0.25, 0.3) is 0 Å². The van der Waals surface area contributed by atoms with Gasteiger partial charge >= 0.3 is 0 Å². The average Bonchev–Trinajstić information content (AvgIpc) is 3.79. The van der Waals surface area contributed by atoms with Crippen molar-refractivity contribution in [1.82, 2.24) is 49.3 Å². The number of carbonyl (C=O) groups excluding carboxylic acids is 2. The van der Waals surface area contributed by atoms with Crippen LogP contribution < -0.4 is 16.2 Å². The average molecular weight is 711 g/mol. The summed E-state index contributed by atoms with van der Waals surface area (Å²) in [4.78, 5) is 45.9. The fraction of sp³-hybridized carbons (Fsp3) is 0.263. The third kappa shape index (κ3) is 6.19. The summed E-state index contributed by atoms with van der Waals surface area (Å²) in [6, 6.07) is 15.1. The lowest BCUT2D eigenvalue weighted by molar-refractivity contribution is -0.128. The summed E-state index contributed by atoms with van der Waals surface area (Å²) in [5, 5.41) is 11.3. The van der Waals surface area contributed by atoms with Gasteiger partial charge in [-0.2, -0.15) is 10.2 Å². The summed E-state index contributed by atoms with van der Waals surface area (Å²) in [6.45, 7) is 9.66. The van der Waals surface area contributed by atoms with E-state index in [4.69, 9.17) is 26.4 Å². The van der Waals surface area contributed by atoms with Gasteiger partial charge in [0, 0.05) is 37.3 Å². The molecule has 1 unspecified atom stereocenters. The Morgan fingerprint density at radius 1 is 0.660 bits per heavy atom. The first-order valence-corrected chi connectivity index (χ1v) is 17.5. The van der Waals surface area contributed by atoms with E-state index >= 15 is 0 Å². The van der Waals surface area contributed by atoms with Crippen LogP contribution >= 0.6 is 0 Å². The number of nitrogens with two attached hydrogens (primary N) is 2. The number of nitrogen functional groups attached to an aromatic ring is 2. The maximum Gasteiger partial charge on any atom is 0.246 e. The smallest absolute Gasteiger partial charge is 0.246 e. The minimum absolute atomic E-state index is 0.0647. The Kier molecular flexibility index (Phi) is 8.74. The highest BCUT2D eigenvalue weighted by atomic mass is 16.5. The lowest BCUT2D eigenvalue weighted by Crippen LogP contribution is -2.40. The molecular weight excluding hydrogens is 672 g/mol. The molecule has 4 N–H and O–H groups in total. The minimum Gasteiger partial charge on any atom is -0.457 e. The molecule has 0 aliphatic carbocycles. The maximum absolute atomic E-state index is 12.4. The number of piperidine rings is 2. The molecule has 15 heteroatoms. The minimum atomic E-state index is -0.0973. The van der Waals surface area contributed by atoms with Crippen LogP contribution in [0.15, 0.2) is 86.5 Å². The summed E-state index contributed by atoms with van der Waals surface area (Å²) in [5.41, 5.74) is 17.0. The number of hydrogen-bond donors (Lipinski definition) is 2. The highest BCUT2D eigenvalue weighted by molar-refractivity contribution is 5.99. The lowest BCUT2D eigenvalue weighted by atomic mass is 10.1. The molecule has 0 saturated carbocycles. The van der Waals surface area contributed by atoms with Crippen molar-refractivity contribution in [3.05, 3.63) is 86.5 Å². The van der Waals surface area contributed by atoms with Crippen molar-refractivity contribution in [2.24, 2.45) is 0 Å². The largest absolute Gasteiger partial charge is 0.457 e. The number of amides is 2. The first kappa shape index (κ1) is 33.5. The second-order valence-electron chi connectivity index (χ2n) is 13.2. The molecule has 53 heavy (non-hydrogen) atoms. The van der Waals surface area contributed by atoms with Crippen molar-refractivity contribution in [3.63, 3.8) is 0 Å². The molecule has 2 atom stereocenters. The predicted octanol–water partition coefficient (Wildman–Crippen LogP) is 4.96. The number of anilines is 2. The van der Waals surface area contributed by atoms with Gasteiger partial charge in [0.2, 0.25) is 11.8 Å². The standard InChI is InChI=1S/C38H38N12O3/c1-3-29(51)47-17-5-7-25(19-47)49-37-31(35(39)41-21-43-37)33(45-49)23-9-13-27(14-10-23)53-28-15-11-24(12-16-28)34-32-36(40)42-22-44-38(32)50(46-34)26-8-6-18-48(20-26)30(52)4-2/h3-4,9-16,21-22,25-26H,1-2,5-8,17-20H2,(H2,39,41,43)(H2,40,42,44)/t25-,26?/m0/s1. The molecular formula is C38H38N12O3. The molecule has 8 rings (SSSR count). The van der Waals surface area contributed by atoms with E-state index in [0.29, 0.717) is 82.8 Å². The summed E-state index contributed by atoms with van der Waals surface area (Å²) in [5.74, 6) is 1.73. The number of fused-ring (bicyclic) bond motifs is 2. The molecule has 2 aliphatic heterocycles. The van der Waals surface area contributed by atoms with Gasteiger partial charge in [-0.05, 0) is 86.4 Å². The van der Waals surface area contributed by atoms with E-state index in [1.54, 1.807) is 9.80 Å². The van der Waals surface area contributed by atoms with E-state index in [1.165, 1.54) is 24.8 Å². The van der Waals surface area contributed by atoms with Crippen LogP contribution in [0.3, 0.4) is 0 Å². The highest BCUT2D eigenvalue weighted by Gasteiger charge is 2.29. The normalized spacial score (nSPS) is 17.6. The molecule has 268 valence electrons. The van der Waals surface area contributed by atoms with Crippen molar-refractivity contribution >= 4 is 45.5 Å². The van der Waals surface area contributed by atoms with Crippen LogP contribution in [0.2, 0.25) is 0 Å². The fourth-order valence-corrected chi connectivity index (χ4v) is 7.37. The quantitative estimate of drug-likeness (QED) is 0.203. The summed E-state index contributed by atoms with van der Waals surface area (Å²) < 4.78 is 9.98. The Bertz CT molecular complexity index is 2200. The lowest BCUT2D eigenvalue weighted by Gasteiger charge is -2.32. The Balaban J connectivity index is 1.03. The van der Waals surface area contributed by atoms with E-state index in [0.717, 1.165) is 36.8 Å². The van der Waals surface area contributed by atoms with Crippen LogP contribution in [0.1, 0.15) is 37.8 Å². The van der Waals surface area contributed by atoms with Gasteiger partial charge in [-0.3, -0.25) is 9.59 Å². The molecule has 2 aliphatic rings. The van der Waals surface area contributed by atoms with Gasteiger partial charge in [-0.1, -0.05) is 13.2 Å². The molecule has 15 nitrogen and oxygen atoms in total. The van der Waals surface area contributed by atoms with Crippen LogP contribution in [-0.2, 0) is 9.59 Å². The van der Waals surface area contributed by atoms with E-state index in [-0.39, 0.29) is 23.9 Å². The number of aromatic nitrogens is 8. The van der Waals surface area contributed by atoms with Gasteiger partial charge in [-0.25, -0.2) is 29.3 Å². The number of likely N-dealkylation sites (tertiary alicyclic amines) is 2. The molecule has 6 aromatic rings. The predicted molar refractivity (Wildman–Crippen MR) is 201 cm³/mol. The Morgan fingerprint density at radius 3 is 1.47 bits per heavy atom. The van der Waals surface area contributed by atoms with Crippen molar-refractivity contribution in [3.8, 4) is 34.0 Å². The van der Waals surface area contributed by atoms with Crippen molar-refractivity contribution in [2.75, 3.05) is 37.6 Å². The van der Waals surface area contributed by atoms with Crippen molar-refractivity contribution < 1.29 is 14.3 Å². The van der Waals surface area contributed by atoms with Gasteiger partial charge in [0.1, 0.15) is 47.2 Å². The molecule has 6 heterocycles. The zero-order valence-corrected chi connectivity index (χ0v) is 29.0. The van der Waals surface area contributed by atoms with Crippen LogP contribution in [0.4, 0.5) is 11.6 Å². The van der Waals surface area contributed by atoms with Crippen molar-refractivity contribution in [2.45, 2.75) is 37.8 Å². The third-order valence-corrected chi connectivity index (χ3v) is 9.98. The Morgan fingerprint density at radius 2 is 1.08 bits per heavy atom. The molecule has 2 amide bonds. The molecule has 2 fully saturated rings. The van der Waals surface area contributed by atoms with E-state index < -0.39 is 0 Å². The molecule has 0 spiro atoms. The van der Waals surface area contributed by atoms with Gasteiger partial charge in [-0.15, -0.1) is 0 Å². The second-order valence-corrected chi connectivity index (χ2v) is 13.2. The third-order valence-electron chi connectivity index (χ3n) is 9.98. The van der Waals surface area contributed by atoms with Crippen LogP contribution in [0, 0.1) is 0 Å². The number of ether oxygens (including phenoxy) is 1. The summed E-state index contributed by atoms with van der Waals surface area (Å²) in [6.07, 6.45) is 8.95. The number of nitrogens with zero attached hydrogens (tertiary/aromatic N) is 10. The van der Waals surface area contributed by atoms with Gasteiger partial charge < -0.3 is 26.0 Å². The summed E-state index contributed by atoms with van der Waals surface area (Å²) in [7, 11) is 0. The first-order valence-electron chi connectivity index (χ1n) is 17.5. The zero-order valence-electron chi connectivity index (χ0n) is 29.0. The van der Waals surface area contributed by atoms with E-state index in [9.17, 15) is 9.59 Å². The van der Waals surface area contributed by atoms with Crippen LogP contribution in [-0.4, -0.2) is 87.3 Å².